The summed E-state index contributed by atoms with van der Waals surface area (Å²) in [5.74, 6) is 0.682. The first kappa shape index (κ1) is 25.7. The van der Waals surface area contributed by atoms with Crippen LogP contribution in [0.25, 0.3) is 0 Å². The molecule has 2 aliphatic heterocycles. The predicted octanol–water partition coefficient (Wildman–Crippen LogP) is 4.85. The van der Waals surface area contributed by atoms with E-state index in [-0.39, 0.29) is 36.9 Å². The number of carbonyl (C=O) groups excluding carboxylic acids is 1. The number of hydrogen-bond donors (Lipinski definition) is 0. The van der Waals surface area contributed by atoms with Gasteiger partial charge in [0, 0.05) is 26.2 Å². The van der Waals surface area contributed by atoms with Crippen molar-refractivity contribution in [1.29, 1.82) is 0 Å². The maximum absolute atomic E-state index is 14.5. The number of nitrogens with zero attached hydrogens (tertiary/aromatic N) is 2. The fourth-order valence-electron chi connectivity index (χ4n) is 5.26. The quantitative estimate of drug-likeness (QED) is 0.396. The van der Waals surface area contributed by atoms with Gasteiger partial charge in [0.25, 0.3) is 0 Å². The third kappa shape index (κ3) is 4.84. The van der Waals surface area contributed by atoms with Crippen LogP contribution in [0, 0.1) is 10.8 Å². The van der Waals surface area contributed by atoms with Crippen LogP contribution in [-0.4, -0.2) is 49.4 Å². The van der Waals surface area contributed by atoms with Gasteiger partial charge in [-0.25, -0.2) is 13.0 Å². The molecule has 0 aliphatic carbocycles. The van der Waals surface area contributed by atoms with Gasteiger partial charge in [0.15, 0.2) is 0 Å². The first-order chi connectivity index (χ1) is 17.5. The van der Waals surface area contributed by atoms with Gasteiger partial charge in [0.2, 0.25) is 10.0 Å². The molecule has 0 N–H and O–H groups in total. The van der Waals surface area contributed by atoms with Gasteiger partial charge >= 0.3 is 7.75 Å². The Hall–Kier alpha value is -2.97. The predicted molar refractivity (Wildman–Crippen MR) is 140 cm³/mol. The molecule has 5 rings (SSSR count). The SMILES string of the molecule is CC12CN(P(=O)(Oc3ccccc3)Oc3ccccc3)CC(C)(CN(S(=O)(=O)c3ccccc3)C1)C2=O. The van der Waals surface area contributed by atoms with Crippen molar-refractivity contribution in [3.05, 3.63) is 91.0 Å². The maximum atomic E-state index is 14.5. The molecule has 0 aromatic heterocycles. The Morgan fingerprint density at radius 2 is 1.11 bits per heavy atom. The second-order valence-corrected chi connectivity index (χ2v) is 13.9. The van der Waals surface area contributed by atoms with E-state index in [1.54, 1.807) is 97.4 Å². The third-order valence-corrected chi connectivity index (χ3v) is 10.5. The van der Waals surface area contributed by atoms with Crippen molar-refractivity contribution in [2.75, 3.05) is 26.2 Å². The summed E-state index contributed by atoms with van der Waals surface area (Å²) in [5, 5.41) is 0. The summed E-state index contributed by atoms with van der Waals surface area (Å²) in [5.41, 5.74) is -2.24. The van der Waals surface area contributed by atoms with Crippen molar-refractivity contribution >= 4 is 23.6 Å². The molecular formula is C27H29N2O6PS. The lowest BCUT2D eigenvalue weighted by Crippen LogP contribution is -2.68. The number of para-hydroxylation sites is 2. The summed E-state index contributed by atoms with van der Waals surface area (Å²) in [6, 6.07) is 25.7. The van der Waals surface area contributed by atoms with Gasteiger partial charge < -0.3 is 9.05 Å². The Kier molecular flexibility index (Phi) is 6.52. The first-order valence-corrected chi connectivity index (χ1v) is 14.9. The molecule has 3 aromatic rings. The lowest BCUT2D eigenvalue weighted by molar-refractivity contribution is -0.150. The van der Waals surface area contributed by atoms with Crippen molar-refractivity contribution in [1.82, 2.24) is 8.98 Å². The normalized spacial score (nSPS) is 25.0. The molecule has 37 heavy (non-hydrogen) atoms. The fraction of sp³-hybridized carbons (Fsp3) is 0.296. The number of ketones is 1. The Balaban J connectivity index is 1.50. The number of benzene rings is 3. The number of sulfonamides is 1. The number of carbonyl (C=O) groups is 1. The highest BCUT2D eigenvalue weighted by Gasteiger charge is 2.61. The summed E-state index contributed by atoms with van der Waals surface area (Å²) in [6.07, 6.45) is 0. The highest BCUT2D eigenvalue weighted by molar-refractivity contribution is 7.89. The van der Waals surface area contributed by atoms with Crippen molar-refractivity contribution in [3.63, 3.8) is 0 Å². The lowest BCUT2D eigenvalue weighted by Gasteiger charge is -2.54. The van der Waals surface area contributed by atoms with E-state index in [1.165, 1.54) is 4.31 Å². The lowest BCUT2D eigenvalue weighted by atomic mass is 9.65. The summed E-state index contributed by atoms with van der Waals surface area (Å²) >= 11 is 0. The highest BCUT2D eigenvalue weighted by Crippen LogP contribution is 2.57. The van der Waals surface area contributed by atoms with Gasteiger partial charge in [-0.05, 0) is 36.4 Å². The number of hydrogen-bond acceptors (Lipinski definition) is 6. The van der Waals surface area contributed by atoms with Crippen molar-refractivity contribution in [2.24, 2.45) is 10.8 Å². The smallest absolute Gasteiger partial charge is 0.404 e. The van der Waals surface area contributed by atoms with E-state index in [0.717, 1.165) is 0 Å². The summed E-state index contributed by atoms with van der Waals surface area (Å²) in [6.45, 7) is 3.40. The molecule has 8 nitrogen and oxygen atoms in total. The van der Waals surface area contributed by atoms with E-state index < -0.39 is 28.6 Å². The van der Waals surface area contributed by atoms with Crippen molar-refractivity contribution in [3.8, 4) is 11.5 Å². The molecule has 2 saturated heterocycles. The fourth-order valence-corrected chi connectivity index (χ4v) is 8.98. The molecule has 2 atom stereocenters. The molecule has 0 spiro atoms. The zero-order valence-electron chi connectivity index (χ0n) is 20.7. The van der Waals surface area contributed by atoms with Gasteiger partial charge in [0.1, 0.15) is 17.3 Å². The zero-order valence-corrected chi connectivity index (χ0v) is 22.4. The largest absolute Gasteiger partial charge is 0.515 e. The molecule has 194 valence electrons. The number of piperidine rings is 2. The summed E-state index contributed by atoms with van der Waals surface area (Å²) < 4.78 is 56.4. The van der Waals surface area contributed by atoms with Crippen molar-refractivity contribution in [2.45, 2.75) is 18.7 Å². The van der Waals surface area contributed by atoms with E-state index in [1.807, 2.05) is 12.1 Å². The zero-order chi connectivity index (χ0) is 26.3. The molecular weight excluding hydrogens is 511 g/mol. The topological polar surface area (TPSA) is 93.2 Å². The Morgan fingerprint density at radius 3 is 1.54 bits per heavy atom. The molecule has 2 unspecified atom stereocenters. The number of fused-ring (bicyclic) bond motifs is 2. The van der Waals surface area contributed by atoms with Crippen LogP contribution in [0.3, 0.4) is 0 Å². The minimum atomic E-state index is -4.01. The molecule has 0 radical (unpaired) electrons. The molecule has 2 bridgehead atoms. The summed E-state index contributed by atoms with van der Waals surface area (Å²) in [7, 11) is -7.83. The number of rotatable bonds is 7. The van der Waals surface area contributed by atoms with Gasteiger partial charge in [-0.15, -0.1) is 0 Å². The van der Waals surface area contributed by atoms with Gasteiger partial charge in [0.05, 0.1) is 15.7 Å². The molecule has 2 aliphatic rings. The Morgan fingerprint density at radius 1 is 0.703 bits per heavy atom. The van der Waals surface area contributed by atoms with E-state index in [0.29, 0.717) is 11.5 Å². The van der Waals surface area contributed by atoms with Gasteiger partial charge in [-0.2, -0.15) is 8.98 Å². The van der Waals surface area contributed by atoms with E-state index in [2.05, 4.69) is 0 Å². The minimum absolute atomic E-state index is 0.0131. The standard InChI is InChI=1S/C27H29N2O6PS/c1-26-18-28(36(31,34-22-12-6-3-7-13-22)35-23-14-8-4-9-15-23)19-27(2,25(26)30)21-29(20-26)37(32,33)24-16-10-5-11-17-24/h3-17H,18-21H2,1-2H3. The summed E-state index contributed by atoms with van der Waals surface area (Å²) in [4.78, 5) is 13.8. The average Bonchev–Trinajstić information content (AvgIpc) is 2.87. The highest BCUT2D eigenvalue weighted by atomic mass is 32.2. The van der Waals surface area contributed by atoms with Crippen LogP contribution in [0.15, 0.2) is 95.9 Å². The van der Waals surface area contributed by atoms with Crippen LogP contribution in [0.5, 0.6) is 11.5 Å². The molecule has 0 saturated carbocycles. The second-order valence-electron chi connectivity index (χ2n) is 10.1. The van der Waals surface area contributed by atoms with Gasteiger partial charge in [-0.3, -0.25) is 4.79 Å². The molecule has 3 aromatic carbocycles. The minimum Gasteiger partial charge on any atom is -0.404 e. The van der Waals surface area contributed by atoms with E-state index in [4.69, 9.17) is 9.05 Å². The number of Topliss-reactive ketones (excluding diaryl/α,β-unsaturated/α-hetero) is 1. The van der Waals surface area contributed by atoms with Crippen LogP contribution >= 0.6 is 7.75 Å². The Labute approximate surface area is 217 Å². The van der Waals surface area contributed by atoms with E-state index >= 15 is 0 Å². The molecule has 10 heteroatoms. The van der Waals surface area contributed by atoms with Crippen molar-refractivity contribution < 1.29 is 26.8 Å². The maximum Gasteiger partial charge on any atom is 0.515 e. The van der Waals surface area contributed by atoms with Crippen LogP contribution in [-0.2, 0) is 19.4 Å². The molecule has 2 fully saturated rings. The third-order valence-electron chi connectivity index (χ3n) is 6.87. The monoisotopic (exact) mass is 540 g/mol. The first-order valence-electron chi connectivity index (χ1n) is 12.0. The van der Waals surface area contributed by atoms with Crippen LogP contribution in [0.2, 0.25) is 0 Å². The van der Waals surface area contributed by atoms with E-state index in [9.17, 15) is 17.8 Å². The van der Waals surface area contributed by atoms with Crippen LogP contribution in [0.1, 0.15) is 13.8 Å². The molecule has 0 amide bonds. The average molecular weight is 541 g/mol. The second kappa shape index (κ2) is 9.40. The van der Waals surface area contributed by atoms with Crippen LogP contribution in [0.4, 0.5) is 0 Å². The Bertz CT molecular complexity index is 1370. The van der Waals surface area contributed by atoms with Gasteiger partial charge in [-0.1, -0.05) is 68.4 Å². The molecule has 2 heterocycles. The van der Waals surface area contributed by atoms with Crippen LogP contribution < -0.4 is 9.05 Å².